The van der Waals surface area contributed by atoms with Crippen LogP contribution >= 0.6 is 27.5 Å². The summed E-state index contributed by atoms with van der Waals surface area (Å²) in [6, 6.07) is 4.68. The lowest BCUT2D eigenvalue weighted by molar-refractivity contribution is 0.581. The first-order chi connectivity index (χ1) is 6.97. The van der Waals surface area contributed by atoms with Crippen molar-refractivity contribution in [3.63, 3.8) is 0 Å². The molecule has 0 bridgehead atoms. The first-order valence-corrected chi connectivity index (χ1v) is 7.07. The van der Waals surface area contributed by atoms with Gasteiger partial charge in [0.05, 0.1) is 5.02 Å². The first-order valence-electron chi connectivity index (χ1n) is 4.42. The summed E-state index contributed by atoms with van der Waals surface area (Å²) < 4.78 is 26.6. The zero-order valence-corrected chi connectivity index (χ0v) is 11.3. The minimum atomic E-state index is -3.47. The summed E-state index contributed by atoms with van der Waals surface area (Å²) in [6.07, 6.45) is 0.743. The molecule has 0 unspecified atom stereocenters. The van der Waals surface area contributed by atoms with E-state index in [2.05, 4.69) is 20.7 Å². The molecule has 84 valence electrons. The van der Waals surface area contributed by atoms with Crippen molar-refractivity contribution < 1.29 is 8.42 Å². The predicted molar refractivity (Wildman–Crippen MR) is 64.6 cm³/mol. The molecule has 0 spiro atoms. The molecule has 0 fully saturated rings. The maximum atomic E-state index is 11.7. The smallest absolute Gasteiger partial charge is 0.211 e. The van der Waals surface area contributed by atoms with Crippen LogP contribution in [0.2, 0.25) is 5.02 Å². The van der Waals surface area contributed by atoms with Crippen LogP contribution in [0.4, 0.5) is 0 Å². The van der Waals surface area contributed by atoms with Crippen molar-refractivity contribution in [3.8, 4) is 0 Å². The van der Waals surface area contributed by atoms with Crippen LogP contribution in [0.1, 0.15) is 13.3 Å². The van der Waals surface area contributed by atoms with Crippen LogP contribution in [-0.2, 0) is 10.0 Å². The molecule has 0 radical (unpaired) electrons. The van der Waals surface area contributed by atoms with E-state index in [4.69, 9.17) is 11.6 Å². The largest absolute Gasteiger partial charge is 0.242 e. The Morgan fingerprint density at radius 2 is 2.13 bits per heavy atom. The van der Waals surface area contributed by atoms with Crippen LogP contribution in [0.15, 0.2) is 27.6 Å². The van der Waals surface area contributed by atoms with Crippen LogP contribution in [0, 0.1) is 0 Å². The molecule has 0 amide bonds. The van der Waals surface area contributed by atoms with Crippen LogP contribution in [0.25, 0.3) is 0 Å². The van der Waals surface area contributed by atoms with Crippen LogP contribution in [-0.4, -0.2) is 15.0 Å². The van der Waals surface area contributed by atoms with Crippen molar-refractivity contribution in [1.82, 2.24) is 4.72 Å². The summed E-state index contributed by atoms with van der Waals surface area (Å²) in [6.45, 7) is 2.31. The fourth-order valence-electron chi connectivity index (χ4n) is 1.01. The van der Waals surface area contributed by atoms with Crippen molar-refractivity contribution >= 4 is 37.6 Å². The minimum absolute atomic E-state index is 0.112. The topological polar surface area (TPSA) is 46.2 Å². The van der Waals surface area contributed by atoms with Gasteiger partial charge in [-0.1, -0.05) is 34.5 Å². The Kier molecular flexibility index (Phi) is 4.58. The molecule has 0 atom stereocenters. The zero-order chi connectivity index (χ0) is 11.5. The second kappa shape index (κ2) is 5.30. The van der Waals surface area contributed by atoms with Crippen LogP contribution in [0.3, 0.4) is 0 Å². The minimum Gasteiger partial charge on any atom is -0.211 e. The number of sulfonamides is 1. The maximum Gasteiger partial charge on any atom is 0.242 e. The van der Waals surface area contributed by atoms with Crippen molar-refractivity contribution in [3.05, 3.63) is 27.7 Å². The highest BCUT2D eigenvalue weighted by Gasteiger charge is 2.16. The molecular formula is C9H11BrClNO2S. The third-order valence-corrected chi connectivity index (χ3v) is 4.16. The summed E-state index contributed by atoms with van der Waals surface area (Å²) in [5.74, 6) is 0. The van der Waals surface area contributed by atoms with Gasteiger partial charge in [0.25, 0.3) is 0 Å². The molecule has 1 aromatic rings. The van der Waals surface area contributed by atoms with Crippen LogP contribution in [0.5, 0.6) is 0 Å². The Bertz CT molecular complexity index is 447. The average molecular weight is 313 g/mol. The molecule has 0 aliphatic heterocycles. The van der Waals surface area contributed by atoms with Gasteiger partial charge in [-0.3, -0.25) is 0 Å². The van der Waals surface area contributed by atoms with Gasteiger partial charge in [0, 0.05) is 11.0 Å². The Labute approximate surface area is 103 Å². The van der Waals surface area contributed by atoms with E-state index in [1.165, 1.54) is 6.07 Å². The molecule has 0 saturated carbocycles. The van der Waals surface area contributed by atoms with E-state index in [0.29, 0.717) is 6.54 Å². The standard InChI is InChI=1S/C9H11BrClNO2S/c1-2-5-12-15(13,14)9-4-3-7(10)6-8(9)11/h3-4,6,12H,2,5H2,1H3. The van der Waals surface area contributed by atoms with E-state index in [-0.39, 0.29) is 9.92 Å². The van der Waals surface area contributed by atoms with E-state index < -0.39 is 10.0 Å². The monoisotopic (exact) mass is 311 g/mol. The third kappa shape index (κ3) is 3.45. The SMILES string of the molecule is CCCNS(=O)(=O)c1ccc(Br)cc1Cl. The molecule has 0 aromatic heterocycles. The molecule has 15 heavy (non-hydrogen) atoms. The summed E-state index contributed by atoms with van der Waals surface area (Å²) in [5, 5.41) is 0.216. The van der Waals surface area contributed by atoms with Crippen molar-refractivity contribution in [2.24, 2.45) is 0 Å². The molecule has 1 rings (SSSR count). The quantitative estimate of drug-likeness (QED) is 0.929. The van der Waals surface area contributed by atoms with E-state index in [0.717, 1.165) is 10.9 Å². The molecule has 1 N–H and O–H groups in total. The van der Waals surface area contributed by atoms with E-state index >= 15 is 0 Å². The van der Waals surface area contributed by atoms with Crippen LogP contribution < -0.4 is 4.72 Å². The first kappa shape index (κ1) is 13.0. The number of rotatable bonds is 4. The fourth-order valence-corrected chi connectivity index (χ4v) is 3.18. The Morgan fingerprint density at radius 3 is 2.67 bits per heavy atom. The lowest BCUT2D eigenvalue weighted by atomic mass is 10.4. The van der Waals surface area contributed by atoms with Gasteiger partial charge in [-0.15, -0.1) is 0 Å². The lowest BCUT2D eigenvalue weighted by Gasteiger charge is -2.07. The predicted octanol–water partition coefficient (Wildman–Crippen LogP) is 2.79. The van der Waals surface area contributed by atoms with Gasteiger partial charge in [0.2, 0.25) is 10.0 Å². The van der Waals surface area contributed by atoms with E-state index in [1.807, 2.05) is 6.92 Å². The maximum absolute atomic E-state index is 11.7. The summed E-state index contributed by atoms with van der Waals surface area (Å²) in [5.41, 5.74) is 0. The molecule has 1 aromatic carbocycles. The van der Waals surface area contributed by atoms with Gasteiger partial charge in [0.1, 0.15) is 4.90 Å². The number of hydrogen-bond donors (Lipinski definition) is 1. The number of benzene rings is 1. The second-order valence-corrected chi connectivity index (χ2v) is 6.03. The Balaban J connectivity index is 3.05. The van der Waals surface area contributed by atoms with Crippen molar-refractivity contribution in [2.45, 2.75) is 18.2 Å². The van der Waals surface area contributed by atoms with Gasteiger partial charge < -0.3 is 0 Å². The molecule has 0 aliphatic rings. The molecule has 0 heterocycles. The Hall–Kier alpha value is -0.100. The van der Waals surface area contributed by atoms with Gasteiger partial charge in [-0.2, -0.15) is 0 Å². The normalized spacial score (nSPS) is 11.7. The average Bonchev–Trinajstić information content (AvgIpc) is 2.14. The summed E-state index contributed by atoms with van der Waals surface area (Å²) >= 11 is 9.06. The zero-order valence-electron chi connectivity index (χ0n) is 8.13. The highest BCUT2D eigenvalue weighted by molar-refractivity contribution is 9.10. The highest BCUT2D eigenvalue weighted by Crippen LogP contribution is 2.24. The Morgan fingerprint density at radius 1 is 1.47 bits per heavy atom. The number of hydrogen-bond acceptors (Lipinski definition) is 2. The van der Waals surface area contributed by atoms with Crippen molar-refractivity contribution in [1.29, 1.82) is 0 Å². The third-order valence-electron chi connectivity index (χ3n) is 1.73. The second-order valence-electron chi connectivity index (χ2n) is 2.97. The van der Waals surface area contributed by atoms with Gasteiger partial charge >= 0.3 is 0 Å². The number of nitrogens with one attached hydrogen (secondary N) is 1. The molecule has 6 heteroatoms. The van der Waals surface area contributed by atoms with E-state index in [9.17, 15) is 8.42 Å². The summed E-state index contributed by atoms with van der Waals surface area (Å²) in [4.78, 5) is 0.112. The molecular weight excluding hydrogens is 302 g/mol. The van der Waals surface area contributed by atoms with Gasteiger partial charge in [-0.25, -0.2) is 13.1 Å². The van der Waals surface area contributed by atoms with E-state index in [1.54, 1.807) is 12.1 Å². The van der Waals surface area contributed by atoms with Crippen molar-refractivity contribution in [2.75, 3.05) is 6.54 Å². The lowest BCUT2D eigenvalue weighted by Crippen LogP contribution is -2.24. The van der Waals surface area contributed by atoms with Gasteiger partial charge in [0.15, 0.2) is 0 Å². The highest BCUT2D eigenvalue weighted by atomic mass is 79.9. The molecule has 3 nitrogen and oxygen atoms in total. The molecule has 0 aliphatic carbocycles. The molecule has 0 saturated heterocycles. The fraction of sp³-hybridized carbons (Fsp3) is 0.333. The summed E-state index contributed by atoms with van der Waals surface area (Å²) in [7, 11) is -3.47. The number of halogens is 2. The van der Waals surface area contributed by atoms with Gasteiger partial charge in [-0.05, 0) is 24.6 Å².